The number of ether oxygens (including phenoxy) is 1. The summed E-state index contributed by atoms with van der Waals surface area (Å²) in [7, 11) is -2.10. The average Bonchev–Trinajstić information content (AvgIpc) is 3.73. The first-order valence-electron chi connectivity index (χ1n) is 15.1. The molecular weight excluding hydrogens is 549 g/mol. The van der Waals surface area contributed by atoms with E-state index in [1.807, 2.05) is 6.20 Å². The third-order valence-corrected chi connectivity index (χ3v) is 14.6. The molecule has 2 aliphatic rings. The SMILES string of the molecule is Cc1cc(C(CC2CCOCC2)c2ccc(S(=O)C3CC3)cc2)[nH]c1-c1ccc(C(C)OS(C)(C)C(C)(C)C)cn1. The van der Waals surface area contributed by atoms with E-state index in [1.54, 1.807) is 0 Å². The molecule has 7 heteroatoms. The van der Waals surface area contributed by atoms with Gasteiger partial charge in [0.1, 0.15) is 0 Å². The molecule has 0 radical (unpaired) electrons. The molecule has 1 aliphatic carbocycles. The second-order valence-corrected chi connectivity index (χ2v) is 18.9. The summed E-state index contributed by atoms with van der Waals surface area (Å²) >= 11 is 0. The van der Waals surface area contributed by atoms with Crippen molar-refractivity contribution < 1.29 is 13.1 Å². The minimum Gasteiger partial charge on any atom is -0.381 e. The van der Waals surface area contributed by atoms with Gasteiger partial charge in [0.25, 0.3) is 0 Å². The maximum atomic E-state index is 12.7. The molecule has 3 unspecified atom stereocenters. The van der Waals surface area contributed by atoms with Gasteiger partial charge in [0, 0.05) is 51.5 Å². The Morgan fingerprint density at radius 3 is 2.29 bits per heavy atom. The number of aromatic nitrogens is 2. The quantitative estimate of drug-likeness (QED) is 0.255. The van der Waals surface area contributed by atoms with Crippen molar-refractivity contribution >= 4 is 21.1 Å². The third-order valence-electron chi connectivity index (χ3n) is 9.03. The number of hydrogen-bond donors (Lipinski definition) is 1. The Hall–Kier alpha value is -1.93. The number of rotatable bonds is 10. The summed E-state index contributed by atoms with van der Waals surface area (Å²) in [4.78, 5) is 9.62. The van der Waals surface area contributed by atoms with Gasteiger partial charge in [-0.05, 0) is 99.8 Å². The van der Waals surface area contributed by atoms with E-state index in [2.05, 4.69) is 94.6 Å². The zero-order valence-corrected chi connectivity index (χ0v) is 27.5. The van der Waals surface area contributed by atoms with Gasteiger partial charge in [-0.25, -0.2) is 0 Å². The highest BCUT2D eigenvalue weighted by Crippen LogP contribution is 2.56. The standard InChI is InChI=1S/C34H48N2O3S2/c1-23-20-32(36-33(23)31-15-10-27(22-35-31)24(2)39-41(6,7)34(3,4)5)30(21-25-16-18-38-19-17-25)26-8-11-28(12-9-26)40(37)29-13-14-29/h8-12,15,20,22,24-25,29-30,36H,13-14,16-19,21H2,1-7H3. The van der Waals surface area contributed by atoms with Crippen molar-refractivity contribution in [3.63, 3.8) is 0 Å². The van der Waals surface area contributed by atoms with Gasteiger partial charge in [-0.1, -0.05) is 39.0 Å². The Kier molecular flexibility index (Phi) is 9.20. The van der Waals surface area contributed by atoms with Crippen LogP contribution in [0.5, 0.6) is 0 Å². The molecule has 1 N–H and O–H groups in total. The molecule has 3 aromatic rings. The zero-order chi connectivity index (χ0) is 29.4. The van der Waals surface area contributed by atoms with E-state index in [0.717, 1.165) is 67.2 Å². The lowest BCUT2D eigenvalue weighted by atomic mass is 9.83. The largest absolute Gasteiger partial charge is 0.381 e. The highest BCUT2D eigenvalue weighted by Gasteiger charge is 2.32. The van der Waals surface area contributed by atoms with E-state index in [9.17, 15) is 4.21 Å². The number of H-pyrrole nitrogens is 1. The highest BCUT2D eigenvalue weighted by molar-refractivity contribution is 8.29. The van der Waals surface area contributed by atoms with Gasteiger partial charge in [-0.2, -0.15) is 0 Å². The van der Waals surface area contributed by atoms with Crippen LogP contribution in [-0.2, 0) is 19.7 Å². The number of aromatic amines is 1. The number of aryl methyl sites for hydroxylation is 1. The molecule has 224 valence electrons. The lowest BCUT2D eigenvalue weighted by Gasteiger charge is -2.45. The van der Waals surface area contributed by atoms with Gasteiger partial charge >= 0.3 is 0 Å². The Morgan fingerprint density at radius 2 is 1.71 bits per heavy atom. The molecule has 1 aromatic carbocycles. The smallest absolute Gasteiger partial charge is 0.0937 e. The first-order chi connectivity index (χ1) is 19.4. The molecule has 2 aromatic heterocycles. The Labute approximate surface area is 251 Å². The van der Waals surface area contributed by atoms with Crippen LogP contribution in [0.1, 0.15) is 94.2 Å². The van der Waals surface area contributed by atoms with Crippen molar-refractivity contribution in [1.29, 1.82) is 0 Å². The predicted molar refractivity (Wildman–Crippen MR) is 173 cm³/mol. The van der Waals surface area contributed by atoms with Crippen molar-refractivity contribution in [2.45, 2.75) is 93.6 Å². The van der Waals surface area contributed by atoms with Gasteiger partial charge in [0.15, 0.2) is 0 Å². The molecule has 5 nitrogen and oxygen atoms in total. The summed E-state index contributed by atoms with van der Waals surface area (Å²) in [6, 6.07) is 15.1. The van der Waals surface area contributed by atoms with Crippen LogP contribution < -0.4 is 0 Å². The molecule has 3 heterocycles. The molecule has 3 atom stereocenters. The minimum absolute atomic E-state index is 0.0119. The molecule has 1 saturated carbocycles. The first-order valence-corrected chi connectivity index (χ1v) is 18.7. The monoisotopic (exact) mass is 596 g/mol. The van der Waals surface area contributed by atoms with E-state index in [0.29, 0.717) is 11.2 Å². The van der Waals surface area contributed by atoms with Crippen molar-refractivity contribution in [1.82, 2.24) is 9.97 Å². The number of hydrogen-bond acceptors (Lipinski definition) is 4. The fourth-order valence-electron chi connectivity index (χ4n) is 5.46. The fraction of sp³-hybridized carbons (Fsp3) is 0.559. The normalized spacial score (nSPS) is 19.6. The lowest BCUT2D eigenvalue weighted by Crippen LogP contribution is -2.26. The van der Waals surface area contributed by atoms with Crippen LogP contribution in [-0.4, -0.2) is 49.9 Å². The van der Waals surface area contributed by atoms with E-state index < -0.39 is 21.1 Å². The summed E-state index contributed by atoms with van der Waals surface area (Å²) < 4.78 is 25.1. The van der Waals surface area contributed by atoms with Crippen molar-refractivity contribution in [2.24, 2.45) is 5.92 Å². The zero-order valence-electron chi connectivity index (χ0n) is 25.9. The van der Waals surface area contributed by atoms with Gasteiger partial charge in [0.05, 0.1) is 28.3 Å². The maximum Gasteiger partial charge on any atom is 0.0937 e. The van der Waals surface area contributed by atoms with E-state index in [1.165, 1.54) is 16.8 Å². The molecule has 0 bridgehead atoms. The average molecular weight is 597 g/mol. The number of nitrogens with zero attached hydrogens (tertiary/aromatic N) is 1. The molecule has 0 amide bonds. The maximum absolute atomic E-state index is 12.7. The van der Waals surface area contributed by atoms with Crippen LogP contribution in [0.15, 0.2) is 53.6 Å². The number of pyridine rings is 1. The van der Waals surface area contributed by atoms with E-state index in [4.69, 9.17) is 13.9 Å². The lowest BCUT2D eigenvalue weighted by molar-refractivity contribution is 0.0626. The van der Waals surface area contributed by atoms with Crippen molar-refractivity contribution in [2.75, 3.05) is 25.7 Å². The topological polar surface area (TPSA) is 64.2 Å². The van der Waals surface area contributed by atoms with Crippen LogP contribution in [0.3, 0.4) is 0 Å². The summed E-state index contributed by atoms with van der Waals surface area (Å²) in [5.74, 6) is 0.865. The second kappa shape index (κ2) is 12.4. The number of benzene rings is 1. The molecule has 0 spiro atoms. The van der Waals surface area contributed by atoms with E-state index in [-0.39, 0.29) is 16.8 Å². The van der Waals surface area contributed by atoms with Crippen LogP contribution >= 0.6 is 10.3 Å². The van der Waals surface area contributed by atoms with Crippen LogP contribution in [0.4, 0.5) is 0 Å². The number of nitrogens with one attached hydrogen (secondary N) is 1. The second-order valence-electron chi connectivity index (χ2n) is 13.3. The Bertz CT molecular complexity index is 1330. The molecule has 5 rings (SSSR count). The predicted octanol–water partition coefficient (Wildman–Crippen LogP) is 8.46. The first kappa shape index (κ1) is 30.5. The van der Waals surface area contributed by atoms with Gasteiger partial charge in [-0.3, -0.25) is 9.19 Å². The Morgan fingerprint density at radius 1 is 1.05 bits per heavy atom. The minimum atomic E-state index is -1.23. The summed E-state index contributed by atoms with van der Waals surface area (Å²) in [5.41, 5.74) is 6.82. The Balaban J connectivity index is 1.38. The summed E-state index contributed by atoms with van der Waals surface area (Å²) in [6.07, 6.45) is 11.9. The molecule has 1 saturated heterocycles. The van der Waals surface area contributed by atoms with Crippen LogP contribution in [0.2, 0.25) is 0 Å². The molecular formula is C34H48N2O3S2. The molecule has 41 heavy (non-hydrogen) atoms. The van der Waals surface area contributed by atoms with Gasteiger partial charge in [0.2, 0.25) is 0 Å². The van der Waals surface area contributed by atoms with Crippen molar-refractivity contribution in [3.05, 3.63) is 71.0 Å². The van der Waals surface area contributed by atoms with E-state index >= 15 is 0 Å². The molecule has 1 aliphatic heterocycles. The highest BCUT2D eigenvalue weighted by atomic mass is 32.3. The van der Waals surface area contributed by atoms with Gasteiger partial charge < -0.3 is 13.9 Å². The van der Waals surface area contributed by atoms with Crippen LogP contribution in [0, 0.1) is 12.8 Å². The van der Waals surface area contributed by atoms with Crippen molar-refractivity contribution in [3.8, 4) is 11.4 Å². The molecule has 2 fully saturated rings. The van der Waals surface area contributed by atoms with Gasteiger partial charge in [-0.15, -0.1) is 10.3 Å². The fourth-order valence-corrected chi connectivity index (χ4v) is 7.93. The summed E-state index contributed by atoms with van der Waals surface area (Å²) in [6.45, 7) is 12.7. The third kappa shape index (κ3) is 7.18. The summed E-state index contributed by atoms with van der Waals surface area (Å²) in [5, 5.41) is 0.354. The van der Waals surface area contributed by atoms with Crippen LogP contribution in [0.25, 0.3) is 11.4 Å².